The number of aromatic nitrogens is 1. The van der Waals surface area contributed by atoms with Crippen molar-refractivity contribution in [1.82, 2.24) is 4.98 Å². The molecule has 0 saturated carbocycles. The first kappa shape index (κ1) is 11.4. The quantitative estimate of drug-likeness (QED) is 0.759. The molecule has 5 heteroatoms. The molecule has 0 bridgehead atoms. The van der Waals surface area contributed by atoms with Crippen LogP contribution in [-0.2, 0) is 0 Å². The molecular formula is C12H7FN2OS. The highest BCUT2D eigenvalue weighted by Gasteiger charge is 2.17. The lowest BCUT2D eigenvalue weighted by atomic mass is 10.0. The molecule has 1 aromatic carbocycles. The molecule has 1 aromatic heterocycles. The van der Waals surface area contributed by atoms with Crippen LogP contribution in [0.1, 0.15) is 5.56 Å². The topological polar surface area (TPSA) is 56.6 Å². The summed E-state index contributed by atoms with van der Waals surface area (Å²) in [4.78, 5) is 13.5. The van der Waals surface area contributed by atoms with Gasteiger partial charge in [-0.25, -0.2) is 4.39 Å². The van der Waals surface area contributed by atoms with Gasteiger partial charge in [0.25, 0.3) is 5.56 Å². The first-order valence-corrected chi connectivity index (χ1v) is 5.20. The van der Waals surface area contributed by atoms with Crippen molar-refractivity contribution in [3.63, 3.8) is 0 Å². The molecule has 2 aromatic rings. The number of halogens is 1. The monoisotopic (exact) mass is 246 g/mol. The molecule has 0 amide bonds. The van der Waals surface area contributed by atoms with Crippen LogP contribution in [0.4, 0.5) is 4.39 Å². The number of H-pyrrole nitrogens is 1. The highest BCUT2D eigenvalue weighted by molar-refractivity contribution is 7.80. The zero-order valence-electron chi connectivity index (χ0n) is 8.57. The molecule has 2 rings (SSSR count). The summed E-state index contributed by atoms with van der Waals surface area (Å²) in [5.41, 5.74) is -0.394. The molecule has 0 fully saturated rings. The van der Waals surface area contributed by atoms with E-state index in [9.17, 15) is 9.18 Å². The van der Waals surface area contributed by atoms with Crippen molar-refractivity contribution >= 4 is 12.6 Å². The van der Waals surface area contributed by atoms with Gasteiger partial charge in [-0.05, 0) is 5.56 Å². The summed E-state index contributed by atoms with van der Waals surface area (Å²) in [6.07, 6.45) is 0. The molecule has 0 spiro atoms. The third kappa shape index (κ3) is 1.95. The van der Waals surface area contributed by atoms with E-state index in [0.29, 0.717) is 5.56 Å². The molecular weight excluding hydrogens is 239 g/mol. The third-order valence-corrected chi connectivity index (χ3v) is 2.65. The Morgan fingerprint density at radius 1 is 1.29 bits per heavy atom. The highest BCUT2D eigenvalue weighted by Crippen LogP contribution is 2.27. The fraction of sp³-hybridized carbons (Fsp3) is 0. The fourth-order valence-corrected chi connectivity index (χ4v) is 1.81. The van der Waals surface area contributed by atoms with Crippen LogP contribution in [0.5, 0.6) is 0 Å². The largest absolute Gasteiger partial charge is 0.314 e. The van der Waals surface area contributed by atoms with E-state index in [2.05, 4.69) is 17.6 Å². The molecule has 1 N–H and O–H groups in total. The average Bonchev–Trinajstić information content (AvgIpc) is 2.34. The Balaban J connectivity index is 2.86. The minimum absolute atomic E-state index is 0.0122. The smallest absolute Gasteiger partial charge is 0.285 e. The number of nitrogens with one attached hydrogen (secondary N) is 1. The second-order valence-electron chi connectivity index (χ2n) is 3.34. The van der Waals surface area contributed by atoms with Gasteiger partial charge >= 0.3 is 0 Å². The average molecular weight is 246 g/mol. The molecule has 0 radical (unpaired) electrons. The van der Waals surface area contributed by atoms with Crippen LogP contribution >= 0.6 is 12.6 Å². The minimum atomic E-state index is -0.967. The highest BCUT2D eigenvalue weighted by atomic mass is 32.1. The van der Waals surface area contributed by atoms with Gasteiger partial charge in [0.2, 0.25) is 0 Å². The van der Waals surface area contributed by atoms with Gasteiger partial charge in [0, 0.05) is 5.56 Å². The van der Waals surface area contributed by atoms with Crippen molar-refractivity contribution in [1.29, 1.82) is 5.26 Å². The Morgan fingerprint density at radius 3 is 2.53 bits per heavy atom. The van der Waals surface area contributed by atoms with Gasteiger partial charge in [-0.15, -0.1) is 12.6 Å². The van der Waals surface area contributed by atoms with E-state index in [-0.39, 0.29) is 16.2 Å². The second kappa shape index (κ2) is 4.44. The van der Waals surface area contributed by atoms with Gasteiger partial charge in [0.15, 0.2) is 5.82 Å². The van der Waals surface area contributed by atoms with Crippen LogP contribution in [0, 0.1) is 17.1 Å². The number of pyridine rings is 1. The van der Waals surface area contributed by atoms with E-state index < -0.39 is 11.4 Å². The Hall–Kier alpha value is -2.06. The lowest BCUT2D eigenvalue weighted by Gasteiger charge is -2.06. The lowest BCUT2D eigenvalue weighted by Crippen LogP contribution is -2.14. The van der Waals surface area contributed by atoms with E-state index in [1.807, 2.05) is 6.07 Å². The zero-order valence-corrected chi connectivity index (χ0v) is 9.46. The predicted molar refractivity (Wildman–Crippen MR) is 64.4 cm³/mol. The molecule has 0 aliphatic carbocycles. The van der Waals surface area contributed by atoms with E-state index >= 15 is 0 Å². The van der Waals surface area contributed by atoms with Gasteiger partial charge in [0.05, 0.1) is 10.6 Å². The zero-order chi connectivity index (χ0) is 12.4. The Labute approximate surface area is 102 Å². The minimum Gasteiger partial charge on any atom is -0.314 e. The van der Waals surface area contributed by atoms with Gasteiger partial charge in [-0.3, -0.25) is 4.79 Å². The van der Waals surface area contributed by atoms with E-state index in [0.717, 1.165) is 0 Å². The first-order valence-electron chi connectivity index (χ1n) is 4.75. The van der Waals surface area contributed by atoms with Crippen LogP contribution in [0.25, 0.3) is 11.1 Å². The number of benzene rings is 1. The summed E-state index contributed by atoms with van der Waals surface area (Å²) >= 11 is 3.97. The molecule has 17 heavy (non-hydrogen) atoms. The molecule has 1 heterocycles. The SMILES string of the molecule is N#Cc1c(S)[nH]c(=O)c(F)c1-c1ccccc1. The fourth-order valence-electron chi connectivity index (χ4n) is 1.55. The number of rotatable bonds is 1. The van der Waals surface area contributed by atoms with Crippen molar-refractivity contribution in [3.8, 4) is 17.2 Å². The molecule has 3 nitrogen and oxygen atoms in total. The predicted octanol–water partition coefficient (Wildman–Crippen LogP) is 2.34. The standard InChI is InChI=1S/C12H7FN2OS/c13-10-9(7-4-2-1-3-5-7)8(6-14)12(17)15-11(10)16/h1-5H,(H2,15,16,17). The van der Waals surface area contributed by atoms with Crippen LogP contribution in [0.3, 0.4) is 0 Å². The Morgan fingerprint density at radius 2 is 1.94 bits per heavy atom. The van der Waals surface area contributed by atoms with E-state index in [4.69, 9.17) is 5.26 Å². The van der Waals surface area contributed by atoms with Crippen molar-refractivity contribution in [3.05, 3.63) is 52.1 Å². The van der Waals surface area contributed by atoms with Gasteiger partial charge in [-0.1, -0.05) is 30.3 Å². The molecule has 84 valence electrons. The van der Waals surface area contributed by atoms with E-state index in [1.165, 1.54) is 0 Å². The maximum Gasteiger partial charge on any atom is 0.285 e. The summed E-state index contributed by atoms with van der Waals surface area (Å²) < 4.78 is 13.8. The van der Waals surface area contributed by atoms with Crippen molar-refractivity contribution in [2.75, 3.05) is 0 Å². The maximum atomic E-state index is 13.8. The van der Waals surface area contributed by atoms with E-state index in [1.54, 1.807) is 30.3 Å². The normalized spacial score (nSPS) is 9.94. The van der Waals surface area contributed by atoms with Gasteiger partial charge < -0.3 is 4.98 Å². The number of hydrogen-bond donors (Lipinski definition) is 2. The van der Waals surface area contributed by atoms with Gasteiger partial charge in [-0.2, -0.15) is 5.26 Å². The molecule has 0 aliphatic rings. The van der Waals surface area contributed by atoms with Crippen molar-refractivity contribution in [2.45, 2.75) is 5.03 Å². The number of thiol groups is 1. The Bertz CT molecular complexity index is 659. The number of aromatic amines is 1. The second-order valence-corrected chi connectivity index (χ2v) is 3.79. The first-order chi connectivity index (χ1) is 8.15. The Kier molecular flexibility index (Phi) is 2.98. The maximum absolute atomic E-state index is 13.8. The van der Waals surface area contributed by atoms with Crippen LogP contribution in [-0.4, -0.2) is 4.98 Å². The molecule has 0 saturated heterocycles. The van der Waals surface area contributed by atoms with Crippen LogP contribution in [0.15, 0.2) is 40.2 Å². The lowest BCUT2D eigenvalue weighted by molar-refractivity contribution is 0.607. The van der Waals surface area contributed by atoms with Gasteiger partial charge in [0.1, 0.15) is 6.07 Å². The molecule has 0 aliphatic heterocycles. The number of nitriles is 1. The summed E-state index contributed by atoms with van der Waals surface area (Å²) in [5, 5.41) is 9.06. The van der Waals surface area contributed by atoms with Crippen molar-refractivity contribution in [2.24, 2.45) is 0 Å². The summed E-state index contributed by atoms with van der Waals surface area (Å²) in [6, 6.07) is 10.3. The molecule has 0 unspecified atom stereocenters. The van der Waals surface area contributed by atoms with Crippen LogP contribution in [0.2, 0.25) is 0 Å². The van der Waals surface area contributed by atoms with Crippen LogP contribution < -0.4 is 5.56 Å². The third-order valence-electron chi connectivity index (χ3n) is 2.31. The summed E-state index contributed by atoms with van der Waals surface area (Å²) in [6.45, 7) is 0. The van der Waals surface area contributed by atoms with Crippen molar-refractivity contribution < 1.29 is 4.39 Å². The summed E-state index contributed by atoms with van der Waals surface area (Å²) in [5.74, 6) is -0.967. The number of hydrogen-bond acceptors (Lipinski definition) is 3. The summed E-state index contributed by atoms with van der Waals surface area (Å²) in [7, 11) is 0. The number of nitrogens with zero attached hydrogens (tertiary/aromatic N) is 1. The molecule has 0 atom stereocenters.